The van der Waals surface area contributed by atoms with Crippen molar-refractivity contribution in [2.45, 2.75) is 31.1 Å². The fourth-order valence-electron chi connectivity index (χ4n) is 3.06. The van der Waals surface area contributed by atoms with E-state index in [0.29, 0.717) is 39.3 Å². The van der Waals surface area contributed by atoms with Crippen LogP contribution >= 0.6 is 0 Å². The van der Waals surface area contributed by atoms with E-state index in [9.17, 15) is 9.59 Å². The van der Waals surface area contributed by atoms with Crippen LogP contribution in [0.3, 0.4) is 0 Å². The van der Waals surface area contributed by atoms with Crippen molar-refractivity contribution >= 4 is 11.9 Å². The Balaban J connectivity index is 2.25. The summed E-state index contributed by atoms with van der Waals surface area (Å²) in [6.45, 7) is 3.40. The van der Waals surface area contributed by atoms with Crippen LogP contribution in [0.25, 0.3) is 0 Å². The van der Waals surface area contributed by atoms with Crippen molar-refractivity contribution < 1.29 is 23.8 Å². The molecule has 24 heavy (non-hydrogen) atoms. The van der Waals surface area contributed by atoms with E-state index in [0.717, 1.165) is 11.1 Å². The number of carbonyl (C=O) groups excluding carboxylic acids is 2. The number of ether oxygens (including phenoxy) is 3. The van der Waals surface area contributed by atoms with Gasteiger partial charge in [0.25, 0.3) is 0 Å². The smallest absolute Gasteiger partial charge is 0.313 e. The van der Waals surface area contributed by atoms with Gasteiger partial charge in [0.15, 0.2) is 0 Å². The zero-order valence-corrected chi connectivity index (χ0v) is 14.2. The molecule has 0 radical (unpaired) electrons. The summed E-state index contributed by atoms with van der Waals surface area (Å²) >= 11 is 0. The maximum absolute atomic E-state index is 12.2. The predicted octanol–water partition coefficient (Wildman–Crippen LogP) is 1.51. The van der Waals surface area contributed by atoms with Gasteiger partial charge in [-0.2, -0.15) is 0 Å². The molecular formula is C18H25NO5. The van der Waals surface area contributed by atoms with Crippen molar-refractivity contribution in [2.24, 2.45) is 5.73 Å². The van der Waals surface area contributed by atoms with E-state index in [1.165, 1.54) is 0 Å². The van der Waals surface area contributed by atoms with Crippen LogP contribution < -0.4 is 5.73 Å². The molecule has 2 N–H and O–H groups in total. The number of primary amides is 1. The first kappa shape index (κ1) is 18.4. The summed E-state index contributed by atoms with van der Waals surface area (Å²) in [5, 5.41) is 0. The highest BCUT2D eigenvalue weighted by molar-refractivity contribution is 5.87. The molecule has 2 rings (SSSR count). The number of rotatable bonds is 8. The lowest BCUT2D eigenvalue weighted by molar-refractivity contribution is -0.145. The van der Waals surface area contributed by atoms with Gasteiger partial charge in [-0.1, -0.05) is 24.3 Å². The number of hydrogen-bond donors (Lipinski definition) is 1. The first-order valence-electron chi connectivity index (χ1n) is 8.19. The second-order valence-corrected chi connectivity index (χ2v) is 5.96. The molecule has 1 aliphatic heterocycles. The van der Waals surface area contributed by atoms with Crippen molar-refractivity contribution in [1.82, 2.24) is 0 Å². The molecular weight excluding hydrogens is 310 g/mol. The molecule has 1 aromatic carbocycles. The quantitative estimate of drug-likeness (QED) is 0.728. The van der Waals surface area contributed by atoms with Crippen LogP contribution in [-0.2, 0) is 29.2 Å². The van der Waals surface area contributed by atoms with Gasteiger partial charge in [-0.3, -0.25) is 9.59 Å². The van der Waals surface area contributed by atoms with Crippen LogP contribution in [0.2, 0.25) is 0 Å². The first-order chi connectivity index (χ1) is 11.5. The van der Waals surface area contributed by atoms with Crippen LogP contribution in [0.4, 0.5) is 0 Å². The van der Waals surface area contributed by atoms with Gasteiger partial charge in [0.2, 0.25) is 5.91 Å². The first-order valence-corrected chi connectivity index (χ1v) is 8.19. The van der Waals surface area contributed by atoms with Crippen LogP contribution in [0.1, 0.15) is 36.8 Å². The van der Waals surface area contributed by atoms with Gasteiger partial charge >= 0.3 is 5.97 Å². The Morgan fingerprint density at radius 3 is 2.54 bits per heavy atom. The molecule has 0 saturated carbocycles. The second kappa shape index (κ2) is 8.26. The number of carbonyl (C=O) groups is 2. The topological polar surface area (TPSA) is 87.9 Å². The van der Waals surface area contributed by atoms with Gasteiger partial charge in [-0.25, -0.2) is 0 Å². The maximum Gasteiger partial charge on any atom is 0.313 e. The summed E-state index contributed by atoms with van der Waals surface area (Å²) < 4.78 is 15.6. The summed E-state index contributed by atoms with van der Waals surface area (Å²) in [5.74, 6) is -1.03. The summed E-state index contributed by atoms with van der Waals surface area (Å²) in [5.41, 5.74) is 6.50. The highest BCUT2D eigenvalue weighted by Crippen LogP contribution is 2.34. The standard InChI is InChI=1S/C18H25NO5/c1-3-24-16(20)15(8-10-22-2)13-4-6-14(7-5-13)18(17(19)21)9-11-23-12-18/h4-7,15H,3,8-12H2,1-2H3,(H2,19,21). The molecule has 0 aliphatic carbocycles. The highest BCUT2D eigenvalue weighted by Gasteiger charge is 2.42. The number of nitrogens with two attached hydrogens (primary N) is 1. The molecule has 0 spiro atoms. The van der Waals surface area contributed by atoms with E-state index in [2.05, 4.69) is 0 Å². The molecule has 0 aromatic heterocycles. The third-order valence-corrected chi connectivity index (χ3v) is 4.54. The van der Waals surface area contributed by atoms with Crippen molar-refractivity contribution in [3.05, 3.63) is 35.4 Å². The lowest BCUT2D eigenvalue weighted by atomic mass is 9.78. The average molecular weight is 335 g/mol. The van der Waals surface area contributed by atoms with Crippen LogP contribution in [0.5, 0.6) is 0 Å². The minimum atomic E-state index is -0.773. The normalized spacial score (nSPS) is 21.4. The van der Waals surface area contributed by atoms with Gasteiger partial charge in [-0.05, 0) is 30.9 Å². The van der Waals surface area contributed by atoms with Crippen LogP contribution in [0, 0.1) is 0 Å². The predicted molar refractivity (Wildman–Crippen MR) is 88.6 cm³/mol. The Kier molecular flexibility index (Phi) is 6.34. The molecule has 1 saturated heterocycles. The van der Waals surface area contributed by atoms with Crippen molar-refractivity contribution in [3.63, 3.8) is 0 Å². The van der Waals surface area contributed by atoms with Crippen molar-refractivity contribution in [2.75, 3.05) is 33.5 Å². The van der Waals surface area contributed by atoms with Crippen LogP contribution in [0.15, 0.2) is 24.3 Å². The second-order valence-electron chi connectivity index (χ2n) is 5.96. The van der Waals surface area contributed by atoms with E-state index in [-0.39, 0.29) is 17.8 Å². The summed E-state index contributed by atoms with van der Waals surface area (Å²) in [6, 6.07) is 7.42. The zero-order valence-electron chi connectivity index (χ0n) is 14.2. The molecule has 6 nitrogen and oxygen atoms in total. The maximum atomic E-state index is 12.2. The van der Waals surface area contributed by atoms with E-state index in [4.69, 9.17) is 19.9 Å². The Labute approximate surface area is 142 Å². The number of hydrogen-bond acceptors (Lipinski definition) is 5. The van der Waals surface area contributed by atoms with E-state index >= 15 is 0 Å². The fourth-order valence-corrected chi connectivity index (χ4v) is 3.06. The zero-order chi connectivity index (χ0) is 17.6. The molecule has 6 heteroatoms. The number of amides is 1. The number of benzene rings is 1. The van der Waals surface area contributed by atoms with Gasteiger partial charge in [0.1, 0.15) is 0 Å². The third-order valence-electron chi connectivity index (χ3n) is 4.54. The fraction of sp³-hybridized carbons (Fsp3) is 0.556. The van der Waals surface area contributed by atoms with E-state index in [1.54, 1.807) is 14.0 Å². The SMILES string of the molecule is CCOC(=O)C(CCOC)c1ccc(C2(C(N)=O)CCOC2)cc1. The highest BCUT2D eigenvalue weighted by atomic mass is 16.5. The van der Waals surface area contributed by atoms with Crippen LogP contribution in [-0.4, -0.2) is 45.4 Å². The largest absolute Gasteiger partial charge is 0.466 e. The van der Waals surface area contributed by atoms with Gasteiger partial charge in [-0.15, -0.1) is 0 Å². The molecule has 0 bridgehead atoms. The van der Waals surface area contributed by atoms with Crippen molar-refractivity contribution in [1.29, 1.82) is 0 Å². The molecule has 1 fully saturated rings. The molecule has 2 atom stereocenters. The van der Waals surface area contributed by atoms with Gasteiger partial charge in [0, 0.05) is 20.3 Å². The molecule has 1 heterocycles. The monoisotopic (exact) mass is 335 g/mol. The Hall–Kier alpha value is -1.92. The van der Waals surface area contributed by atoms with Gasteiger partial charge in [0.05, 0.1) is 24.5 Å². The molecule has 1 aromatic rings. The van der Waals surface area contributed by atoms with E-state index < -0.39 is 5.41 Å². The Morgan fingerprint density at radius 1 is 1.33 bits per heavy atom. The number of methoxy groups -OCH3 is 1. The summed E-state index contributed by atoms with van der Waals surface area (Å²) in [4.78, 5) is 24.1. The molecule has 132 valence electrons. The molecule has 2 unspecified atom stereocenters. The van der Waals surface area contributed by atoms with Gasteiger partial charge < -0.3 is 19.9 Å². The Morgan fingerprint density at radius 2 is 2.04 bits per heavy atom. The third kappa shape index (κ3) is 3.76. The summed E-state index contributed by atoms with van der Waals surface area (Å²) in [6.07, 6.45) is 1.12. The molecule has 1 amide bonds. The lowest BCUT2D eigenvalue weighted by Gasteiger charge is -2.24. The molecule has 1 aliphatic rings. The minimum absolute atomic E-state index is 0.267. The Bertz CT molecular complexity index is 563. The van der Waals surface area contributed by atoms with Crippen molar-refractivity contribution in [3.8, 4) is 0 Å². The minimum Gasteiger partial charge on any atom is -0.466 e. The lowest BCUT2D eigenvalue weighted by Crippen LogP contribution is -2.41. The van der Waals surface area contributed by atoms with E-state index in [1.807, 2.05) is 24.3 Å². The average Bonchev–Trinajstić information content (AvgIpc) is 3.07. The summed E-state index contributed by atoms with van der Waals surface area (Å²) in [7, 11) is 1.60. The number of esters is 1.